The maximum absolute atomic E-state index is 4.49. The third-order valence-corrected chi connectivity index (χ3v) is 2.08. The second kappa shape index (κ2) is 5.25. The Hall–Kier alpha value is -1.70. The van der Waals surface area contributed by atoms with Gasteiger partial charge in [-0.1, -0.05) is 31.4 Å². The molecular weight excluding hydrogens is 184 g/mol. The molecule has 0 aromatic carbocycles. The molecule has 2 nitrogen and oxygen atoms in total. The minimum atomic E-state index is 0.662. The molecule has 0 spiro atoms. The van der Waals surface area contributed by atoms with Gasteiger partial charge in [0.05, 0.1) is 12.2 Å². The topological polar surface area (TPSA) is 24.7 Å². The fourth-order valence-corrected chi connectivity index (χ4v) is 1.37. The van der Waals surface area contributed by atoms with E-state index in [4.69, 9.17) is 0 Å². The molecule has 0 N–H and O–H groups in total. The number of nitrogens with zero attached hydrogens (tertiary/aromatic N) is 2. The predicted molar refractivity (Wildman–Crippen MR) is 67.6 cm³/mol. The summed E-state index contributed by atoms with van der Waals surface area (Å²) in [4.78, 5) is 8.92. The minimum Gasteiger partial charge on any atom is -0.283 e. The van der Waals surface area contributed by atoms with Crippen molar-refractivity contribution >= 4 is 11.4 Å². The molecule has 0 bridgehead atoms. The Labute approximate surface area is 91.1 Å². The number of allylic oxidation sites excluding steroid dienone is 5. The van der Waals surface area contributed by atoms with Gasteiger partial charge in [-0.15, -0.1) is 0 Å². The summed E-state index contributed by atoms with van der Waals surface area (Å²) in [6.07, 6.45) is 7.31. The van der Waals surface area contributed by atoms with Crippen molar-refractivity contribution in [2.75, 3.05) is 6.54 Å². The van der Waals surface area contributed by atoms with Crippen LogP contribution in [0.3, 0.4) is 0 Å². The highest BCUT2D eigenvalue weighted by atomic mass is 14.9. The van der Waals surface area contributed by atoms with Crippen LogP contribution in [0.5, 0.6) is 0 Å². The average Bonchev–Trinajstić information content (AvgIpc) is 2.33. The molecule has 1 rings (SSSR count). The van der Waals surface area contributed by atoms with Crippen molar-refractivity contribution in [2.24, 2.45) is 9.98 Å². The molecule has 0 aliphatic carbocycles. The van der Waals surface area contributed by atoms with E-state index in [2.05, 4.69) is 23.1 Å². The van der Waals surface area contributed by atoms with Crippen LogP contribution in [0, 0.1) is 0 Å². The highest BCUT2D eigenvalue weighted by Crippen LogP contribution is 2.17. The maximum atomic E-state index is 4.49. The van der Waals surface area contributed by atoms with Crippen LogP contribution in [-0.2, 0) is 0 Å². The van der Waals surface area contributed by atoms with E-state index >= 15 is 0 Å². The Morgan fingerprint density at radius 1 is 1.13 bits per heavy atom. The Kier molecular flexibility index (Phi) is 3.98. The van der Waals surface area contributed by atoms with Crippen molar-refractivity contribution in [1.29, 1.82) is 0 Å². The minimum absolute atomic E-state index is 0.662. The molecule has 1 aliphatic rings. The highest BCUT2D eigenvalue weighted by molar-refractivity contribution is 6.05. The van der Waals surface area contributed by atoms with Gasteiger partial charge in [0.15, 0.2) is 0 Å². The normalized spacial score (nSPS) is 22.0. The summed E-state index contributed by atoms with van der Waals surface area (Å²) in [6.45, 7) is 12.0. The molecule has 0 fully saturated rings. The Morgan fingerprint density at radius 3 is 2.40 bits per heavy atom. The van der Waals surface area contributed by atoms with Crippen molar-refractivity contribution in [3.05, 3.63) is 48.7 Å². The third-order valence-electron chi connectivity index (χ3n) is 2.08. The number of rotatable bonds is 2. The summed E-state index contributed by atoms with van der Waals surface area (Å²) in [5, 5.41) is 0. The quantitative estimate of drug-likeness (QED) is 0.654. The second-order valence-corrected chi connectivity index (χ2v) is 3.35. The van der Waals surface area contributed by atoms with Gasteiger partial charge in [0.25, 0.3) is 0 Å². The van der Waals surface area contributed by atoms with Crippen LogP contribution in [0.25, 0.3) is 0 Å². The third kappa shape index (κ3) is 2.88. The summed E-state index contributed by atoms with van der Waals surface area (Å²) in [5.41, 5.74) is 3.92. The first kappa shape index (κ1) is 11.4. The molecule has 0 aromatic rings. The summed E-state index contributed by atoms with van der Waals surface area (Å²) in [6, 6.07) is 0. The van der Waals surface area contributed by atoms with Crippen molar-refractivity contribution in [3.63, 3.8) is 0 Å². The predicted octanol–water partition coefficient (Wildman–Crippen LogP) is 3.10. The Morgan fingerprint density at radius 2 is 1.80 bits per heavy atom. The molecule has 0 amide bonds. The van der Waals surface area contributed by atoms with Crippen LogP contribution in [-0.4, -0.2) is 18.0 Å². The Bertz CT molecular complexity index is 393. The van der Waals surface area contributed by atoms with Gasteiger partial charge < -0.3 is 0 Å². The molecule has 1 aliphatic heterocycles. The molecule has 0 radical (unpaired) electrons. The first-order valence-corrected chi connectivity index (χ1v) is 4.90. The summed E-state index contributed by atoms with van der Waals surface area (Å²) >= 11 is 0. The van der Waals surface area contributed by atoms with Crippen LogP contribution in [0.4, 0.5) is 0 Å². The smallest absolute Gasteiger partial charge is 0.0773 e. The van der Waals surface area contributed by atoms with E-state index in [1.165, 1.54) is 0 Å². The first-order valence-electron chi connectivity index (χ1n) is 4.90. The zero-order valence-electron chi connectivity index (χ0n) is 9.33. The van der Waals surface area contributed by atoms with Crippen LogP contribution < -0.4 is 0 Å². The van der Waals surface area contributed by atoms with Gasteiger partial charge in [-0.25, -0.2) is 0 Å². The molecule has 15 heavy (non-hydrogen) atoms. The lowest BCUT2D eigenvalue weighted by atomic mass is 10.1. The van der Waals surface area contributed by atoms with E-state index in [9.17, 15) is 0 Å². The molecule has 0 atom stereocenters. The van der Waals surface area contributed by atoms with Gasteiger partial charge in [-0.05, 0) is 19.9 Å². The first-order chi connectivity index (χ1) is 7.19. The molecule has 0 unspecified atom stereocenters. The molecule has 0 saturated carbocycles. The van der Waals surface area contributed by atoms with Crippen LogP contribution in [0.1, 0.15) is 13.8 Å². The average molecular weight is 200 g/mol. The SMILES string of the molecule is C=C/C=C1/N=C(C)CN=C(C)/C1=C/C=C. The van der Waals surface area contributed by atoms with Gasteiger partial charge in [0.1, 0.15) is 0 Å². The summed E-state index contributed by atoms with van der Waals surface area (Å²) in [7, 11) is 0. The Balaban J connectivity index is 3.29. The largest absolute Gasteiger partial charge is 0.283 e. The number of hydrogen-bond acceptors (Lipinski definition) is 2. The fraction of sp³-hybridized carbons (Fsp3) is 0.231. The van der Waals surface area contributed by atoms with E-state index in [1.54, 1.807) is 12.2 Å². The van der Waals surface area contributed by atoms with E-state index in [-0.39, 0.29) is 0 Å². The van der Waals surface area contributed by atoms with Crippen molar-refractivity contribution in [1.82, 2.24) is 0 Å². The van der Waals surface area contributed by atoms with E-state index < -0.39 is 0 Å². The van der Waals surface area contributed by atoms with Gasteiger partial charge >= 0.3 is 0 Å². The zero-order chi connectivity index (χ0) is 11.3. The van der Waals surface area contributed by atoms with Crippen LogP contribution in [0.15, 0.2) is 58.7 Å². The molecule has 1 heterocycles. The van der Waals surface area contributed by atoms with Crippen molar-refractivity contribution < 1.29 is 0 Å². The molecular formula is C13H16N2. The number of aliphatic imine (C=N–C) groups is 2. The lowest BCUT2D eigenvalue weighted by molar-refractivity contribution is 1.27. The highest BCUT2D eigenvalue weighted by Gasteiger charge is 2.10. The van der Waals surface area contributed by atoms with Gasteiger partial charge in [-0.3, -0.25) is 9.98 Å². The standard InChI is InChI=1S/C13H16N2/c1-5-7-12-11(4)14-9-10(3)15-13(12)8-6-2/h5-8H,1-2,9H2,3-4H3/b12-7-,13-8+. The van der Waals surface area contributed by atoms with Crippen LogP contribution in [0.2, 0.25) is 0 Å². The molecule has 0 aromatic heterocycles. The van der Waals surface area contributed by atoms with Gasteiger partial charge in [-0.2, -0.15) is 0 Å². The van der Waals surface area contributed by atoms with E-state index in [1.807, 2.05) is 26.0 Å². The molecule has 2 heteroatoms. The maximum Gasteiger partial charge on any atom is 0.0773 e. The van der Waals surface area contributed by atoms with E-state index in [0.29, 0.717) is 6.54 Å². The molecule has 0 saturated heterocycles. The summed E-state index contributed by atoms with van der Waals surface area (Å²) in [5.74, 6) is 0. The van der Waals surface area contributed by atoms with Gasteiger partial charge in [0.2, 0.25) is 0 Å². The fourth-order valence-electron chi connectivity index (χ4n) is 1.37. The van der Waals surface area contributed by atoms with Crippen molar-refractivity contribution in [2.45, 2.75) is 13.8 Å². The second-order valence-electron chi connectivity index (χ2n) is 3.35. The number of hydrogen-bond donors (Lipinski definition) is 0. The zero-order valence-corrected chi connectivity index (χ0v) is 9.33. The van der Waals surface area contributed by atoms with Gasteiger partial charge in [0, 0.05) is 17.0 Å². The molecule has 78 valence electrons. The van der Waals surface area contributed by atoms with E-state index in [0.717, 1.165) is 22.7 Å². The lowest BCUT2D eigenvalue weighted by Crippen LogP contribution is -1.98. The van der Waals surface area contributed by atoms with Crippen molar-refractivity contribution in [3.8, 4) is 0 Å². The summed E-state index contributed by atoms with van der Waals surface area (Å²) < 4.78 is 0. The lowest BCUT2D eigenvalue weighted by Gasteiger charge is -2.04. The monoisotopic (exact) mass is 200 g/mol. The van der Waals surface area contributed by atoms with Crippen LogP contribution >= 0.6 is 0 Å².